The van der Waals surface area contributed by atoms with E-state index in [0.717, 1.165) is 11.1 Å². The molecule has 182 valence electrons. The largest absolute Gasteiger partial charge is 0.493 e. The first-order valence-electron chi connectivity index (χ1n) is 11.1. The molecule has 1 aliphatic heterocycles. The van der Waals surface area contributed by atoms with E-state index in [4.69, 9.17) is 25.8 Å². The van der Waals surface area contributed by atoms with Gasteiger partial charge in [0.2, 0.25) is 11.7 Å². The van der Waals surface area contributed by atoms with E-state index in [1.165, 1.54) is 21.3 Å². The van der Waals surface area contributed by atoms with Crippen LogP contribution in [-0.4, -0.2) is 38.0 Å². The van der Waals surface area contributed by atoms with Crippen LogP contribution in [-0.2, 0) is 17.9 Å². The second-order valence-electron chi connectivity index (χ2n) is 8.17. The van der Waals surface area contributed by atoms with Gasteiger partial charge in [-0.25, -0.2) is 0 Å². The molecule has 0 bridgehead atoms. The van der Waals surface area contributed by atoms with Crippen molar-refractivity contribution >= 4 is 23.4 Å². The Morgan fingerprint density at radius 1 is 1.00 bits per heavy atom. The van der Waals surface area contributed by atoms with Gasteiger partial charge in [-0.05, 0) is 47.0 Å². The van der Waals surface area contributed by atoms with Crippen molar-refractivity contribution in [3.63, 3.8) is 0 Å². The molecule has 0 aliphatic carbocycles. The van der Waals surface area contributed by atoms with Gasteiger partial charge in [0.25, 0.3) is 5.91 Å². The van der Waals surface area contributed by atoms with Crippen LogP contribution in [0, 0.1) is 0 Å². The number of carbonyl (C=O) groups excluding carboxylic acids is 2. The van der Waals surface area contributed by atoms with Crippen molar-refractivity contribution in [3.05, 3.63) is 87.9 Å². The molecule has 3 aromatic carbocycles. The van der Waals surface area contributed by atoms with Gasteiger partial charge in [-0.2, -0.15) is 0 Å². The quantitative estimate of drug-likeness (QED) is 0.463. The van der Waals surface area contributed by atoms with Crippen molar-refractivity contribution in [1.29, 1.82) is 0 Å². The first-order chi connectivity index (χ1) is 16.9. The standard InChI is InChI=1S/C27H27ClN2O5/c1-33-23-12-19(13-24(34-2)26(23)35-3)22(30-16-18-6-4-5-7-21(18)27(30)32)14-25(31)29-15-17-8-10-20(28)11-9-17/h4-13,22H,14-16H2,1-3H3,(H,29,31)/t22-/m1/s1. The summed E-state index contributed by atoms with van der Waals surface area (Å²) in [5, 5.41) is 3.58. The molecule has 0 saturated heterocycles. The third kappa shape index (κ3) is 5.20. The van der Waals surface area contributed by atoms with Crippen molar-refractivity contribution in [3.8, 4) is 17.2 Å². The van der Waals surface area contributed by atoms with Gasteiger partial charge in [0.15, 0.2) is 11.5 Å². The van der Waals surface area contributed by atoms with Gasteiger partial charge >= 0.3 is 0 Å². The van der Waals surface area contributed by atoms with Crippen LogP contribution >= 0.6 is 11.6 Å². The van der Waals surface area contributed by atoms with Crippen LogP contribution in [0.4, 0.5) is 0 Å². The highest BCUT2D eigenvalue weighted by atomic mass is 35.5. The van der Waals surface area contributed by atoms with Gasteiger partial charge in [-0.3, -0.25) is 9.59 Å². The molecule has 1 heterocycles. The number of nitrogens with one attached hydrogen (secondary N) is 1. The lowest BCUT2D eigenvalue weighted by molar-refractivity contribution is -0.122. The van der Waals surface area contributed by atoms with Gasteiger partial charge in [0.1, 0.15) is 0 Å². The van der Waals surface area contributed by atoms with Crippen LogP contribution in [0.5, 0.6) is 17.2 Å². The Labute approximate surface area is 209 Å². The number of fused-ring (bicyclic) bond motifs is 1. The van der Waals surface area contributed by atoms with Gasteiger partial charge in [0, 0.05) is 23.7 Å². The Balaban J connectivity index is 1.64. The van der Waals surface area contributed by atoms with Crippen molar-refractivity contribution in [2.45, 2.75) is 25.6 Å². The molecular formula is C27H27ClN2O5. The van der Waals surface area contributed by atoms with Gasteiger partial charge in [-0.15, -0.1) is 0 Å². The summed E-state index contributed by atoms with van der Waals surface area (Å²) in [6.45, 7) is 0.757. The van der Waals surface area contributed by atoms with E-state index >= 15 is 0 Å². The Morgan fingerprint density at radius 3 is 2.26 bits per heavy atom. The zero-order valence-corrected chi connectivity index (χ0v) is 20.6. The minimum absolute atomic E-state index is 0.0615. The second-order valence-corrected chi connectivity index (χ2v) is 8.61. The third-order valence-corrected chi connectivity index (χ3v) is 6.33. The second kappa shape index (κ2) is 10.7. The van der Waals surface area contributed by atoms with E-state index in [1.54, 1.807) is 29.2 Å². The SMILES string of the molecule is COc1cc([C@@H](CC(=O)NCc2ccc(Cl)cc2)N2Cc3ccccc3C2=O)cc(OC)c1OC. The topological polar surface area (TPSA) is 77.1 Å². The maximum absolute atomic E-state index is 13.3. The summed E-state index contributed by atoms with van der Waals surface area (Å²) >= 11 is 5.95. The van der Waals surface area contributed by atoms with Gasteiger partial charge in [0.05, 0.1) is 33.8 Å². The molecule has 2 amide bonds. The van der Waals surface area contributed by atoms with Crippen LogP contribution in [0.3, 0.4) is 0 Å². The number of hydrogen-bond donors (Lipinski definition) is 1. The lowest BCUT2D eigenvalue weighted by Gasteiger charge is -2.29. The zero-order chi connectivity index (χ0) is 24.9. The summed E-state index contributed by atoms with van der Waals surface area (Å²) in [4.78, 5) is 28.1. The molecule has 1 atom stereocenters. The Kier molecular flexibility index (Phi) is 7.46. The van der Waals surface area contributed by atoms with Crippen LogP contribution in [0.1, 0.15) is 39.5 Å². The van der Waals surface area contributed by atoms with Crippen LogP contribution in [0.25, 0.3) is 0 Å². The molecule has 0 saturated carbocycles. The molecule has 1 aliphatic rings. The zero-order valence-electron chi connectivity index (χ0n) is 19.8. The highest BCUT2D eigenvalue weighted by molar-refractivity contribution is 6.30. The van der Waals surface area contributed by atoms with Crippen molar-refractivity contribution < 1.29 is 23.8 Å². The number of benzene rings is 3. The fraction of sp³-hybridized carbons (Fsp3) is 0.259. The minimum atomic E-state index is -0.547. The van der Waals surface area contributed by atoms with E-state index in [2.05, 4.69) is 5.32 Å². The molecule has 0 fully saturated rings. The molecule has 1 N–H and O–H groups in total. The van der Waals surface area contributed by atoms with Crippen LogP contribution < -0.4 is 19.5 Å². The van der Waals surface area contributed by atoms with Gasteiger partial charge < -0.3 is 24.4 Å². The predicted molar refractivity (Wildman–Crippen MR) is 133 cm³/mol. The monoisotopic (exact) mass is 494 g/mol. The maximum Gasteiger partial charge on any atom is 0.255 e. The summed E-state index contributed by atoms with van der Waals surface area (Å²) < 4.78 is 16.5. The number of hydrogen-bond acceptors (Lipinski definition) is 5. The average Bonchev–Trinajstić information content (AvgIpc) is 3.22. The minimum Gasteiger partial charge on any atom is -0.493 e. The molecule has 35 heavy (non-hydrogen) atoms. The van der Waals surface area contributed by atoms with Crippen LogP contribution in [0.2, 0.25) is 5.02 Å². The Morgan fingerprint density at radius 2 is 1.66 bits per heavy atom. The number of ether oxygens (including phenoxy) is 3. The van der Waals surface area contributed by atoms with E-state index in [0.29, 0.717) is 46.5 Å². The fourth-order valence-electron chi connectivity index (χ4n) is 4.28. The highest BCUT2D eigenvalue weighted by Gasteiger charge is 2.35. The summed E-state index contributed by atoms with van der Waals surface area (Å²) in [5.74, 6) is 1.04. The van der Waals surface area contributed by atoms with E-state index in [1.807, 2.05) is 36.4 Å². The molecular weight excluding hydrogens is 468 g/mol. The molecule has 3 aromatic rings. The summed E-state index contributed by atoms with van der Waals surface area (Å²) in [6, 6.07) is 17.8. The number of methoxy groups -OCH3 is 3. The van der Waals surface area contributed by atoms with Crippen molar-refractivity contribution in [2.75, 3.05) is 21.3 Å². The first kappa shape index (κ1) is 24.4. The van der Waals surface area contributed by atoms with Crippen molar-refractivity contribution in [2.24, 2.45) is 0 Å². The van der Waals surface area contributed by atoms with Crippen molar-refractivity contribution in [1.82, 2.24) is 10.2 Å². The molecule has 0 radical (unpaired) electrons. The van der Waals surface area contributed by atoms with E-state index in [-0.39, 0.29) is 18.2 Å². The number of carbonyl (C=O) groups is 2. The molecule has 8 heteroatoms. The maximum atomic E-state index is 13.3. The van der Waals surface area contributed by atoms with E-state index < -0.39 is 6.04 Å². The smallest absolute Gasteiger partial charge is 0.255 e. The fourth-order valence-corrected chi connectivity index (χ4v) is 4.41. The normalized spacial score (nSPS) is 13.3. The average molecular weight is 495 g/mol. The Hall–Kier alpha value is -3.71. The lowest BCUT2D eigenvalue weighted by atomic mass is 10.00. The number of nitrogens with zero attached hydrogens (tertiary/aromatic N) is 1. The number of halogens is 1. The molecule has 0 aromatic heterocycles. The predicted octanol–water partition coefficient (Wildman–Crippen LogP) is 4.77. The first-order valence-corrected chi connectivity index (χ1v) is 11.5. The van der Waals surface area contributed by atoms with E-state index in [9.17, 15) is 9.59 Å². The molecule has 7 nitrogen and oxygen atoms in total. The summed E-state index contributed by atoms with van der Waals surface area (Å²) in [5.41, 5.74) is 3.21. The lowest BCUT2D eigenvalue weighted by Crippen LogP contribution is -2.34. The highest BCUT2D eigenvalue weighted by Crippen LogP contribution is 2.42. The summed E-state index contributed by atoms with van der Waals surface area (Å²) in [7, 11) is 4.60. The Bertz CT molecular complexity index is 1200. The number of rotatable bonds is 9. The molecule has 0 spiro atoms. The summed E-state index contributed by atoms with van der Waals surface area (Å²) in [6.07, 6.45) is 0.0615. The van der Waals surface area contributed by atoms with Gasteiger partial charge in [-0.1, -0.05) is 41.9 Å². The van der Waals surface area contributed by atoms with Crippen LogP contribution in [0.15, 0.2) is 60.7 Å². The molecule has 4 rings (SSSR count). The molecule has 0 unspecified atom stereocenters. The number of amides is 2. The third-order valence-electron chi connectivity index (χ3n) is 6.08.